The minimum absolute atomic E-state index is 0.0387. The van der Waals surface area contributed by atoms with Gasteiger partial charge in [0.25, 0.3) is 0 Å². The predicted octanol–water partition coefficient (Wildman–Crippen LogP) is 3.08. The summed E-state index contributed by atoms with van der Waals surface area (Å²) < 4.78 is 22.7. The van der Waals surface area contributed by atoms with Crippen molar-refractivity contribution in [1.82, 2.24) is 5.32 Å². The highest BCUT2D eigenvalue weighted by Gasteiger charge is 2.13. The largest absolute Gasteiger partial charge is 0.309 e. The molecule has 0 aliphatic carbocycles. The summed E-state index contributed by atoms with van der Waals surface area (Å²) in [7, 11) is -2.94. The molecule has 18 heavy (non-hydrogen) atoms. The molecule has 0 saturated heterocycles. The molecule has 0 radical (unpaired) electrons. The summed E-state index contributed by atoms with van der Waals surface area (Å²) in [6, 6.07) is 5.38. The molecule has 1 N–H and O–H groups in total. The van der Waals surface area contributed by atoms with Crippen LogP contribution in [0.5, 0.6) is 0 Å². The smallest absolute Gasteiger partial charge is 0.151 e. The second kappa shape index (κ2) is 6.75. The first-order valence-electron chi connectivity index (χ1n) is 5.75. The predicted molar refractivity (Wildman–Crippen MR) is 77.2 cm³/mol. The van der Waals surface area contributed by atoms with Crippen LogP contribution in [0.2, 0.25) is 10.0 Å². The van der Waals surface area contributed by atoms with Gasteiger partial charge in [-0.15, -0.1) is 0 Å². The maximum Gasteiger partial charge on any atom is 0.151 e. The van der Waals surface area contributed by atoms with Crippen LogP contribution in [-0.2, 0) is 9.84 Å². The fourth-order valence-electron chi connectivity index (χ4n) is 1.54. The molecule has 0 aliphatic rings. The topological polar surface area (TPSA) is 46.2 Å². The second-order valence-corrected chi connectivity index (χ2v) is 7.31. The summed E-state index contributed by atoms with van der Waals surface area (Å²) in [5, 5.41) is 4.15. The summed E-state index contributed by atoms with van der Waals surface area (Å²) in [6.07, 6.45) is 0. The average Bonchev–Trinajstić information content (AvgIpc) is 2.32. The number of nitrogens with one attached hydrogen (secondary N) is 1. The second-order valence-electron chi connectivity index (χ2n) is 4.06. The van der Waals surface area contributed by atoms with Gasteiger partial charge in [0, 0.05) is 18.3 Å². The zero-order chi connectivity index (χ0) is 13.8. The van der Waals surface area contributed by atoms with Crippen molar-refractivity contribution < 1.29 is 8.42 Å². The van der Waals surface area contributed by atoms with Crippen molar-refractivity contribution in [1.29, 1.82) is 0 Å². The Kier molecular flexibility index (Phi) is 5.92. The van der Waals surface area contributed by atoms with E-state index in [1.54, 1.807) is 13.0 Å². The van der Waals surface area contributed by atoms with Gasteiger partial charge in [0.2, 0.25) is 0 Å². The highest BCUT2D eigenvalue weighted by molar-refractivity contribution is 7.91. The van der Waals surface area contributed by atoms with Crippen LogP contribution in [0, 0.1) is 0 Å². The Bertz CT molecular complexity index is 503. The first kappa shape index (κ1) is 15.8. The lowest BCUT2D eigenvalue weighted by atomic mass is 10.1. The Hall–Kier alpha value is -0.290. The Labute approximate surface area is 118 Å². The van der Waals surface area contributed by atoms with Gasteiger partial charge < -0.3 is 5.32 Å². The van der Waals surface area contributed by atoms with E-state index in [2.05, 4.69) is 5.32 Å². The highest BCUT2D eigenvalue weighted by atomic mass is 35.5. The third-order valence-corrected chi connectivity index (χ3v) is 5.29. The van der Waals surface area contributed by atoms with Gasteiger partial charge in [0.15, 0.2) is 9.84 Å². The highest BCUT2D eigenvalue weighted by Crippen LogP contribution is 2.29. The van der Waals surface area contributed by atoms with Crippen molar-refractivity contribution in [3.63, 3.8) is 0 Å². The van der Waals surface area contributed by atoms with Crippen molar-refractivity contribution >= 4 is 33.0 Å². The maximum absolute atomic E-state index is 11.4. The fraction of sp³-hybridized carbons (Fsp3) is 0.500. The van der Waals surface area contributed by atoms with Crippen LogP contribution in [0.15, 0.2) is 18.2 Å². The number of rotatable bonds is 6. The molecular formula is C12H17Cl2NO2S. The number of hydrogen-bond donors (Lipinski definition) is 1. The van der Waals surface area contributed by atoms with E-state index < -0.39 is 9.84 Å². The summed E-state index contributed by atoms with van der Waals surface area (Å²) in [5.41, 5.74) is 0.873. The lowest BCUT2D eigenvalue weighted by Crippen LogP contribution is -2.26. The van der Waals surface area contributed by atoms with E-state index in [-0.39, 0.29) is 17.5 Å². The molecule has 1 atom stereocenters. The number of hydrogen-bond acceptors (Lipinski definition) is 3. The molecule has 1 aromatic rings. The Balaban J connectivity index is 2.61. The average molecular weight is 310 g/mol. The first-order chi connectivity index (χ1) is 8.37. The molecule has 6 heteroatoms. The molecule has 102 valence electrons. The molecule has 1 unspecified atom stereocenters. The van der Waals surface area contributed by atoms with Crippen LogP contribution in [-0.4, -0.2) is 26.5 Å². The van der Waals surface area contributed by atoms with Crippen LogP contribution in [0.3, 0.4) is 0 Å². The van der Waals surface area contributed by atoms with Gasteiger partial charge in [-0.25, -0.2) is 8.42 Å². The standard InChI is InChI=1S/C12H17Cl2NO2S/c1-3-18(16,17)8-7-15-9(2)10-5-4-6-11(13)12(10)14/h4-6,9,15H,3,7-8H2,1-2H3. The molecule has 0 amide bonds. The minimum Gasteiger partial charge on any atom is -0.309 e. The van der Waals surface area contributed by atoms with Crippen molar-refractivity contribution in [2.24, 2.45) is 0 Å². The monoisotopic (exact) mass is 309 g/mol. The zero-order valence-electron chi connectivity index (χ0n) is 10.4. The van der Waals surface area contributed by atoms with E-state index in [9.17, 15) is 8.42 Å². The first-order valence-corrected chi connectivity index (χ1v) is 8.33. The molecule has 0 bridgehead atoms. The third-order valence-electron chi connectivity index (χ3n) is 2.75. The van der Waals surface area contributed by atoms with E-state index in [1.165, 1.54) is 0 Å². The van der Waals surface area contributed by atoms with E-state index in [4.69, 9.17) is 23.2 Å². The zero-order valence-corrected chi connectivity index (χ0v) is 12.7. The molecule has 1 aromatic carbocycles. The van der Waals surface area contributed by atoms with Gasteiger partial charge in [0.05, 0.1) is 15.8 Å². The molecule has 0 spiro atoms. The molecule has 0 aliphatic heterocycles. The molecule has 3 nitrogen and oxygen atoms in total. The van der Waals surface area contributed by atoms with Crippen LogP contribution < -0.4 is 5.32 Å². The number of halogens is 2. The summed E-state index contributed by atoms with van der Waals surface area (Å²) in [5.74, 6) is 0.299. The summed E-state index contributed by atoms with van der Waals surface area (Å²) in [4.78, 5) is 0. The SMILES string of the molecule is CCS(=O)(=O)CCNC(C)c1cccc(Cl)c1Cl. The molecule has 0 saturated carbocycles. The van der Waals surface area contributed by atoms with Crippen molar-refractivity contribution in [3.05, 3.63) is 33.8 Å². The Morgan fingerprint density at radius 3 is 2.61 bits per heavy atom. The van der Waals surface area contributed by atoms with E-state index in [0.717, 1.165) is 5.56 Å². The quantitative estimate of drug-likeness (QED) is 0.878. The van der Waals surface area contributed by atoms with Gasteiger partial charge in [-0.3, -0.25) is 0 Å². The molecule has 0 aromatic heterocycles. The number of benzene rings is 1. The molecule has 1 rings (SSSR count). The molecule has 0 heterocycles. The van der Waals surface area contributed by atoms with Crippen LogP contribution >= 0.6 is 23.2 Å². The van der Waals surface area contributed by atoms with E-state index in [1.807, 2.05) is 19.1 Å². The molecular weight excluding hydrogens is 293 g/mol. The minimum atomic E-state index is -2.94. The normalized spacial score (nSPS) is 13.6. The van der Waals surface area contributed by atoms with Gasteiger partial charge >= 0.3 is 0 Å². The maximum atomic E-state index is 11.4. The van der Waals surface area contributed by atoms with Crippen molar-refractivity contribution in [2.75, 3.05) is 18.1 Å². The Morgan fingerprint density at radius 2 is 2.00 bits per heavy atom. The van der Waals surface area contributed by atoms with E-state index in [0.29, 0.717) is 16.6 Å². The molecule has 0 fully saturated rings. The summed E-state index contributed by atoms with van der Waals surface area (Å²) >= 11 is 12.0. The van der Waals surface area contributed by atoms with Crippen molar-refractivity contribution in [3.8, 4) is 0 Å². The van der Waals surface area contributed by atoms with Crippen LogP contribution in [0.4, 0.5) is 0 Å². The van der Waals surface area contributed by atoms with Gasteiger partial charge in [-0.05, 0) is 18.6 Å². The lowest BCUT2D eigenvalue weighted by molar-refractivity contribution is 0.573. The lowest BCUT2D eigenvalue weighted by Gasteiger charge is -2.16. The van der Waals surface area contributed by atoms with Crippen LogP contribution in [0.1, 0.15) is 25.5 Å². The Morgan fingerprint density at radius 1 is 1.33 bits per heavy atom. The fourth-order valence-corrected chi connectivity index (χ4v) is 2.73. The van der Waals surface area contributed by atoms with E-state index >= 15 is 0 Å². The van der Waals surface area contributed by atoms with Crippen molar-refractivity contribution in [2.45, 2.75) is 19.9 Å². The third kappa shape index (κ3) is 4.43. The van der Waals surface area contributed by atoms with Gasteiger partial charge in [-0.1, -0.05) is 42.3 Å². The summed E-state index contributed by atoms with van der Waals surface area (Å²) in [6.45, 7) is 3.98. The van der Waals surface area contributed by atoms with Gasteiger partial charge in [-0.2, -0.15) is 0 Å². The van der Waals surface area contributed by atoms with Gasteiger partial charge in [0.1, 0.15) is 0 Å². The number of sulfone groups is 1. The van der Waals surface area contributed by atoms with Crippen LogP contribution in [0.25, 0.3) is 0 Å².